The predicted molar refractivity (Wildman–Crippen MR) is 81.6 cm³/mol. The van der Waals surface area contributed by atoms with Crippen molar-refractivity contribution in [3.8, 4) is 5.75 Å². The fourth-order valence-corrected chi connectivity index (χ4v) is 3.62. The maximum atomic E-state index is 12.2. The molecule has 0 aromatic heterocycles. The summed E-state index contributed by atoms with van der Waals surface area (Å²) in [4.78, 5) is 13.4. The molecule has 1 atom stereocenters. The Morgan fingerprint density at radius 1 is 1.30 bits per heavy atom. The summed E-state index contributed by atoms with van der Waals surface area (Å²) in [5.41, 5.74) is 2.08. The van der Waals surface area contributed by atoms with Gasteiger partial charge in [-0.25, -0.2) is 0 Å². The maximum absolute atomic E-state index is 12.2. The zero-order valence-corrected chi connectivity index (χ0v) is 12.5. The van der Waals surface area contributed by atoms with E-state index in [2.05, 4.69) is 6.07 Å². The van der Waals surface area contributed by atoms with Crippen molar-refractivity contribution < 1.29 is 9.53 Å². The number of benzene rings is 2. The van der Waals surface area contributed by atoms with Gasteiger partial charge < -0.3 is 4.74 Å². The Kier molecular flexibility index (Phi) is 3.72. The minimum atomic E-state index is -0.198. The van der Waals surface area contributed by atoms with Crippen LogP contribution in [0.4, 0.5) is 0 Å². The number of carbonyl (C=O) groups excluding carboxylic acids is 1. The molecule has 102 valence electrons. The molecular formula is C16H13ClO2S. The van der Waals surface area contributed by atoms with Gasteiger partial charge in [0, 0.05) is 9.92 Å². The molecule has 3 rings (SSSR count). The molecule has 2 aromatic carbocycles. The lowest BCUT2D eigenvalue weighted by Crippen LogP contribution is -2.22. The molecule has 2 aromatic rings. The largest absolute Gasteiger partial charge is 0.425 e. The molecule has 20 heavy (non-hydrogen) atoms. The van der Waals surface area contributed by atoms with Crippen molar-refractivity contribution in [1.82, 2.24) is 0 Å². The van der Waals surface area contributed by atoms with Crippen molar-refractivity contribution in [2.75, 3.05) is 0 Å². The molecule has 4 heteroatoms. The number of ether oxygens (including phenoxy) is 1. The molecule has 0 aliphatic carbocycles. The highest BCUT2D eigenvalue weighted by Crippen LogP contribution is 2.37. The molecule has 1 unspecified atom stereocenters. The first-order chi connectivity index (χ1) is 9.63. The third-order valence-electron chi connectivity index (χ3n) is 3.26. The molecule has 1 aliphatic rings. The number of halogens is 1. The summed E-state index contributed by atoms with van der Waals surface area (Å²) in [6, 6.07) is 13.3. The molecular weight excluding hydrogens is 292 g/mol. The van der Waals surface area contributed by atoms with Crippen LogP contribution in [0.1, 0.15) is 11.1 Å². The van der Waals surface area contributed by atoms with Gasteiger partial charge in [0.2, 0.25) is 0 Å². The Bertz CT molecular complexity index is 644. The molecule has 0 bridgehead atoms. The topological polar surface area (TPSA) is 26.3 Å². The van der Waals surface area contributed by atoms with E-state index in [0.29, 0.717) is 10.8 Å². The van der Waals surface area contributed by atoms with Crippen molar-refractivity contribution in [1.29, 1.82) is 0 Å². The first kappa shape index (κ1) is 13.5. The number of rotatable bonds is 2. The number of carbonyl (C=O) groups is 1. The van der Waals surface area contributed by atoms with E-state index in [9.17, 15) is 4.79 Å². The van der Waals surface area contributed by atoms with E-state index in [-0.39, 0.29) is 11.2 Å². The maximum Gasteiger partial charge on any atom is 0.325 e. The highest BCUT2D eigenvalue weighted by Gasteiger charge is 2.29. The number of hydrogen-bond acceptors (Lipinski definition) is 3. The molecule has 1 heterocycles. The fraction of sp³-hybridized carbons (Fsp3) is 0.188. The zero-order valence-electron chi connectivity index (χ0n) is 10.9. The van der Waals surface area contributed by atoms with Crippen LogP contribution in [0, 0.1) is 6.92 Å². The van der Waals surface area contributed by atoms with Crippen molar-refractivity contribution in [2.24, 2.45) is 0 Å². The van der Waals surface area contributed by atoms with Crippen LogP contribution in [-0.4, -0.2) is 11.2 Å². The highest BCUT2D eigenvalue weighted by atomic mass is 35.5. The van der Waals surface area contributed by atoms with E-state index in [1.54, 1.807) is 30.0 Å². The van der Waals surface area contributed by atoms with Crippen LogP contribution in [0.25, 0.3) is 0 Å². The second-order valence-corrected chi connectivity index (χ2v) is 6.43. The minimum Gasteiger partial charge on any atom is -0.425 e. The highest BCUT2D eigenvalue weighted by molar-refractivity contribution is 8.01. The van der Waals surface area contributed by atoms with Gasteiger partial charge in [0.1, 0.15) is 11.0 Å². The van der Waals surface area contributed by atoms with Crippen LogP contribution in [0.15, 0.2) is 47.4 Å². The number of aryl methyl sites for hydroxylation is 1. The van der Waals surface area contributed by atoms with Crippen molar-refractivity contribution in [3.63, 3.8) is 0 Å². The number of fused-ring (bicyclic) bond motifs is 1. The summed E-state index contributed by atoms with van der Waals surface area (Å²) in [5, 5.41) is 0.479. The minimum absolute atomic E-state index is 0.164. The number of hydrogen-bond donors (Lipinski definition) is 0. The van der Waals surface area contributed by atoms with Gasteiger partial charge in [-0.05, 0) is 48.7 Å². The average Bonchev–Trinajstić information content (AvgIpc) is 2.86. The quantitative estimate of drug-likeness (QED) is 0.612. The van der Waals surface area contributed by atoms with Crippen LogP contribution in [0.2, 0.25) is 5.02 Å². The third kappa shape index (κ3) is 2.69. The molecule has 0 spiro atoms. The molecule has 0 saturated carbocycles. The summed E-state index contributed by atoms with van der Waals surface area (Å²) in [5.74, 6) is 0.382. The Labute approximate surface area is 127 Å². The molecule has 0 saturated heterocycles. The van der Waals surface area contributed by atoms with Gasteiger partial charge in [-0.2, -0.15) is 0 Å². The summed E-state index contributed by atoms with van der Waals surface area (Å²) >= 11 is 7.47. The molecule has 0 radical (unpaired) electrons. The summed E-state index contributed by atoms with van der Waals surface area (Å²) in [7, 11) is 0. The molecule has 1 aliphatic heterocycles. The Morgan fingerprint density at radius 3 is 2.85 bits per heavy atom. The molecule has 2 nitrogen and oxygen atoms in total. The fourth-order valence-electron chi connectivity index (χ4n) is 2.21. The zero-order chi connectivity index (χ0) is 14.1. The number of thioether (sulfide) groups is 1. The van der Waals surface area contributed by atoms with Gasteiger partial charge in [0.25, 0.3) is 0 Å². The summed E-state index contributed by atoms with van der Waals surface area (Å²) in [6.07, 6.45) is 0.728. The first-order valence-corrected chi connectivity index (χ1v) is 7.61. The van der Waals surface area contributed by atoms with Crippen molar-refractivity contribution in [3.05, 3.63) is 58.6 Å². The monoisotopic (exact) mass is 304 g/mol. The van der Waals surface area contributed by atoms with E-state index in [0.717, 1.165) is 12.0 Å². The van der Waals surface area contributed by atoms with Gasteiger partial charge in [-0.1, -0.05) is 29.8 Å². The van der Waals surface area contributed by atoms with E-state index < -0.39 is 0 Å². The van der Waals surface area contributed by atoms with Crippen LogP contribution >= 0.6 is 23.4 Å². The lowest BCUT2D eigenvalue weighted by molar-refractivity contribution is -0.133. The van der Waals surface area contributed by atoms with Gasteiger partial charge in [-0.15, -0.1) is 11.8 Å². The third-order valence-corrected chi connectivity index (χ3v) is 4.79. The second kappa shape index (κ2) is 5.51. The van der Waals surface area contributed by atoms with Crippen LogP contribution in [0.5, 0.6) is 5.75 Å². The normalized spacial score (nSPS) is 16.8. The SMILES string of the molecule is Cc1cc(Cl)ccc1OC(=O)C1Cc2ccccc2S1. The lowest BCUT2D eigenvalue weighted by atomic mass is 10.1. The van der Waals surface area contributed by atoms with Gasteiger partial charge >= 0.3 is 5.97 Å². The first-order valence-electron chi connectivity index (χ1n) is 6.36. The Hall–Kier alpha value is -1.45. The van der Waals surface area contributed by atoms with Crippen LogP contribution < -0.4 is 4.74 Å². The van der Waals surface area contributed by atoms with Crippen molar-refractivity contribution in [2.45, 2.75) is 23.5 Å². The summed E-state index contributed by atoms with van der Waals surface area (Å²) < 4.78 is 5.50. The smallest absolute Gasteiger partial charge is 0.325 e. The van der Waals surface area contributed by atoms with Gasteiger partial charge in [-0.3, -0.25) is 4.79 Å². The Balaban J connectivity index is 1.72. The van der Waals surface area contributed by atoms with Crippen LogP contribution in [0.3, 0.4) is 0 Å². The lowest BCUT2D eigenvalue weighted by Gasteiger charge is -2.11. The standard InChI is InChI=1S/C16H13ClO2S/c1-10-8-12(17)6-7-13(10)19-16(18)15-9-11-4-2-3-5-14(11)20-15/h2-8,15H,9H2,1H3. The van der Waals surface area contributed by atoms with E-state index >= 15 is 0 Å². The Morgan fingerprint density at radius 2 is 2.10 bits per heavy atom. The van der Waals surface area contributed by atoms with E-state index in [1.807, 2.05) is 25.1 Å². The van der Waals surface area contributed by atoms with E-state index in [4.69, 9.17) is 16.3 Å². The molecule has 0 N–H and O–H groups in total. The van der Waals surface area contributed by atoms with Crippen molar-refractivity contribution >= 4 is 29.3 Å². The van der Waals surface area contributed by atoms with Crippen LogP contribution in [-0.2, 0) is 11.2 Å². The van der Waals surface area contributed by atoms with Gasteiger partial charge in [0.05, 0.1) is 0 Å². The molecule has 0 fully saturated rings. The average molecular weight is 305 g/mol. The van der Waals surface area contributed by atoms with Gasteiger partial charge in [0.15, 0.2) is 0 Å². The molecule has 0 amide bonds. The van der Waals surface area contributed by atoms with E-state index in [1.165, 1.54) is 10.5 Å². The summed E-state index contributed by atoms with van der Waals surface area (Å²) in [6.45, 7) is 1.88. The second-order valence-electron chi connectivity index (χ2n) is 4.75. The number of esters is 1. The predicted octanol–water partition coefficient (Wildman–Crippen LogP) is 4.27.